The second kappa shape index (κ2) is 5.31. The number of aryl methyl sites for hydroxylation is 1. The summed E-state index contributed by atoms with van der Waals surface area (Å²) in [5.74, 6) is 2.89. The van der Waals surface area contributed by atoms with Crippen molar-refractivity contribution in [1.82, 2.24) is 24.3 Å². The van der Waals surface area contributed by atoms with Gasteiger partial charge in [-0.05, 0) is 24.3 Å². The van der Waals surface area contributed by atoms with Crippen molar-refractivity contribution in [3.63, 3.8) is 0 Å². The molecule has 1 fully saturated rings. The van der Waals surface area contributed by atoms with Gasteiger partial charge in [-0.15, -0.1) is 21.5 Å². The molecule has 1 saturated carbocycles. The van der Waals surface area contributed by atoms with E-state index < -0.39 is 0 Å². The maximum atomic E-state index is 4.42. The van der Waals surface area contributed by atoms with Crippen LogP contribution in [0.5, 0.6) is 0 Å². The highest BCUT2D eigenvalue weighted by molar-refractivity contribution is 7.98. The average Bonchev–Trinajstić information content (AvgIpc) is 2.93. The Hall–Kier alpha value is -1.60. The first-order valence-corrected chi connectivity index (χ1v) is 8.77. The average molecular weight is 317 g/mol. The van der Waals surface area contributed by atoms with Crippen molar-refractivity contribution in [2.45, 2.75) is 29.8 Å². The van der Waals surface area contributed by atoms with Gasteiger partial charge in [0.2, 0.25) is 0 Å². The molecule has 0 bridgehead atoms. The molecule has 0 saturated heterocycles. The third kappa shape index (κ3) is 2.51. The Kier molecular flexibility index (Phi) is 3.31. The largest absolute Gasteiger partial charge is 0.337 e. The number of aromatic nitrogens is 5. The number of thiophene rings is 1. The normalized spacial score (nSPS) is 14.7. The molecule has 0 spiro atoms. The van der Waals surface area contributed by atoms with Crippen molar-refractivity contribution in [3.05, 3.63) is 35.7 Å². The van der Waals surface area contributed by atoms with E-state index in [-0.39, 0.29) is 0 Å². The molecule has 0 N–H and O–H groups in total. The van der Waals surface area contributed by atoms with E-state index in [1.807, 2.05) is 24.0 Å². The van der Waals surface area contributed by atoms with Gasteiger partial charge in [-0.3, -0.25) is 4.57 Å². The van der Waals surface area contributed by atoms with E-state index in [1.165, 1.54) is 17.7 Å². The molecule has 5 nitrogen and oxygen atoms in total. The van der Waals surface area contributed by atoms with Crippen molar-refractivity contribution >= 4 is 23.1 Å². The summed E-state index contributed by atoms with van der Waals surface area (Å²) < 4.78 is 4.35. The molecule has 0 aromatic carbocycles. The molecular formula is C14H15N5S2. The maximum Gasteiger partial charge on any atom is 0.192 e. The van der Waals surface area contributed by atoms with Gasteiger partial charge in [0.05, 0.1) is 10.6 Å². The van der Waals surface area contributed by atoms with Gasteiger partial charge in [0.15, 0.2) is 11.0 Å². The molecule has 0 amide bonds. The molecule has 0 aliphatic heterocycles. The second-order valence-electron chi connectivity index (χ2n) is 5.13. The Balaban J connectivity index is 1.62. The quantitative estimate of drug-likeness (QED) is 0.677. The number of thioether (sulfide) groups is 1. The number of rotatable bonds is 5. The number of hydrogen-bond acceptors (Lipinski definition) is 5. The van der Waals surface area contributed by atoms with Crippen LogP contribution in [0, 0.1) is 0 Å². The summed E-state index contributed by atoms with van der Waals surface area (Å²) in [6.45, 7) is 0. The van der Waals surface area contributed by atoms with Gasteiger partial charge in [0.25, 0.3) is 0 Å². The fourth-order valence-electron chi connectivity index (χ4n) is 2.28. The van der Waals surface area contributed by atoms with Crippen molar-refractivity contribution in [1.29, 1.82) is 0 Å². The van der Waals surface area contributed by atoms with Crippen molar-refractivity contribution < 1.29 is 0 Å². The van der Waals surface area contributed by atoms with Gasteiger partial charge in [-0.2, -0.15) is 0 Å². The van der Waals surface area contributed by atoms with E-state index in [2.05, 4.69) is 37.3 Å². The lowest BCUT2D eigenvalue weighted by molar-refractivity contribution is 0.669. The Bertz CT molecular complexity index is 739. The lowest BCUT2D eigenvalue weighted by Crippen LogP contribution is -2.00. The predicted molar refractivity (Wildman–Crippen MR) is 84.4 cm³/mol. The lowest BCUT2D eigenvalue weighted by atomic mass is 10.4. The molecular weight excluding hydrogens is 302 g/mol. The van der Waals surface area contributed by atoms with Crippen LogP contribution in [0.2, 0.25) is 0 Å². The predicted octanol–water partition coefficient (Wildman–Crippen LogP) is 3.37. The first-order valence-electron chi connectivity index (χ1n) is 6.90. The molecule has 0 unspecified atom stereocenters. The van der Waals surface area contributed by atoms with E-state index >= 15 is 0 Å². The topological polar surface area (TPSA) is 48.5 Å². The van der Waals surface area contributed by atoms with Crippen LogP contribution in [-0.2, 0) is 12.8 Å². The van der Waals surface area contributed by atoms with Crippen LogP contribution >= 0.6 is 23.1 Å². The number of nitrogens with zero attached hydrogens (tertiary/aromatic N) is 5. The summed E-state index contributed by atoms with van der Waals surface area (Å²) in [4.78, 5) is 5.56. The number of imidazole rings is 1. The van der Waals surface area contributed by atoms with Crippen molar-refractivity contribution in [2.75, 3.05) is 0 Å². The van der Waals surface area contributed by atoms with E-state index in [9.17, 15) is 0 Å². The summed E-state index contributed by atoms with van der Waals surface area (Å²) in [7, 11) is 2.02. The van der Waals surface area contributed by atoms with Crippen LogP contribution < -0.4 is 0 Å². The Morgan fingerprint density at radius 1 is 1.38 bits per heavy atom. The van der Waals surface area contributed by atoms with Crippen LogP contribution in [0.1, 0.15) is 24.7 Å². The summed E-state index contributed by atoms with van der Waals surface area (Å²) in [6, 6.07) is 4.74. The molecule has 3 aromatic heterocycles. The SMILES string of the molecule is Cn1ccnc1CSc1nnc(-c2cccs2)n1C1CC1. The Labute approximate surface area is 131 Å². The molecule has 0 radical (unpaired) electrons. The van der Waals surface area contributed by atoms with Gasteiger partial charge >= 0.3 is 0 Å². The van der Waals surface area contributed by atoms with Crippen LogP contribution in [0.15, 0.2) is 35.1 Å². The fraction of sp³-hybridized carbons (Fsp3) is 0.357. The Morgan fingerprint density at radius 2 is 2.29 bits per heavy atom. The van der Waals surface area contributed by atoms with E-state index in [0.717, 1.165) is 22.6 Å². The van der Waals surface area contributed by atoms with Gasteiger partial charge in [0, 0.05) is 25.5 Å². The van der Waals surface area contributed by atoms with Crippen LogP contribution in [-0.4, -0.2) is 24.3 Å². The van der Waals surface area contributed by atoms with Gasteiger partial charge in [-0.1, -0.05) is 17.8 Å². The van der Waals surface area contributed by atoms with Crippen LogP contribution in [0.4, 0.5) is 0 Å². The fourth-order valence-corrected chi connectivity index (χ4v) is 3.99. The van der Waals surface area contributed by atoms with Crippen molar-refractivity contribution in [3.8, 4) is 10.7 Å². The first kappa shape index (κ1) is 13.1. The zero-order valence-electron chi connectivity index (χ0n) is 11.6. The monoisotopic (exact) mass is 317 g/mol. The summed E-state index contributed by atoms with van der Waals surface area (Å²) >= 11 is 3.43. The molecule has 4 rings (SSSR count). The minimum Gasteiger partial charge on any atom is -0.337 e. The number of hydrogen-bond donors (Lipinski definition) is 0. The minimum absolute atomic E-state index is 0.570. The summed E-state index contributed by atoms with van der Waals surface area (Å²) in [6.07, 6.45) is 6.26. The summed E-state index contributed by atoms with van der Waals surface area (Å²) in [5.41, 5.74) is 0. The zero-order chi connectivity index (χ0) is 14.2. The van der Waals surface area contributed by atoms with Gasteiger partial charge < -0.3 is 4.57 Å². The molecule has 7 heteroatoms. The standard InChI is InChI=1S/C14H15N5S2/c1-18-7-6-15-12(18)9-21-14-17-16-13(11-3-2-8-20-11)19(14)10-4-5-10/h2-3,6-8,10H,4-5,9H2,1H3. The zero-order valence-corrected chi connectivity index (χ0v) is 13.3. The van der Waals surface area contributed by atoms with Crippen LogP contribution in [0.25, 0.3) is 10.7 Å². The molecule has 1 aliphatic carbocycles. The van der Waals surface area contributed by atoms with E-state index in [4.69, 9.17) is 0 Å². The lowest BCUT2D eigenvalue weighted by Gasteiger charge is -2.07. The molecule has 108 valence electrons. The van der Waals surface area contributed by atoms with Gasteiger partial charge in [0.1, 0.15) is 5.82 Å². The maximum absolute atomic E-state index is 4.42. The Morgan fingerprint density at radius 3 is 2.95 bits per heavy atom. The molecule has 1 aliphatic rings. The highest BCUT2D eigenvalue weighted by Crippen LogP contribution is 2.42. The third-order valence-corrected chi connectivity index (χ3v) is 5.37. The van der Waals surface area contributed by atoms with Crippen molar-refractivity contribution in [2.24, 2.45) is 7.05 Å². The van der Waals surface area contributed by atoms with E-state index in [0.29, 0.717) is 6.04 Å². The van der Waals surface area contributed by atoms with Gasteiger partial charge in [-0.25, -0.2) is 4.98 Å². The molecule has 3 aromatic rings. The highest BCUT2D eigenvalue weighted by atomic mass is 32.2. The van der Waals surface area contributed by atoms with E-state index in [1.54, 1.807) is 23.1 Å². The van der Waals surface area contributed by atoms with Crippen LogP contribution in [0.3, 0.4) is 0 Å². The first-order chi connectivity index (χ1) is 10.3. The minimum atomic E-state index is 0.570. The third-order valence-electron chi connectivity index (χ3n) is 3.57. The molecule has 0 atom stereocenters. The smallest absolute Gasteiger partial charge is 0.192 e. The molecule has 3 heterocycles. The highest BCUT2D eigenvalue weighted by Gasteiger charge is 2.30. The molecule has 21 heavy (non-hydrogen) atoms. The second-order valence-corrected chi connectivity index (χ2v) is 7.02. The summed E-state index contributed by atoms with van der Waals surface area (Å²) in [5, 5.41) is 11.9.